The van der Waals surface area contributed by atoms with Gasteiger partial charge in [-0.25, -0.2) is 0 Å². The number of hydrogen-bond donors (Lipinski definition) is 1. The number of benzene rings is 1. The number of likely N-dealkylation sites (tertiary alicyclic amines) is 1. The van der Waals surface area contributed by atoms with Gasteiger partial charge in [-0.1, -0.05) is 17.7 Å². The van der Waals surface area contributed by atoms with Crippen LogP contribution < -0.4 is 10.1 Å². The summed E-state index contributed by atoms with van der Waals surface area (Å²) in [7, 11) is 1.66. The quantitative estimate of drug-likeness (QED) is 0.926. The molecule has 5 nitrogen and oxygen atoms in total. The Morgan fingerprint density at radius 3 is 2.86 bits per heavy atom. The zero-order valence-electron chi connectivity index (χ0n) is 13.1. The third-order valence-electron chi connectivity index (χ3n) is 3.61. The fraction of sp³-hybridized carbons (Fsp3) is 0.500. The lowest BCUT2D eigenvalue weighted by molar-refractivity contribution is -0.140. The van der Waals surface area contributed by atoms with Crippen LogP contribution in [0, 0.1) is 0 Å². The number of likely N-dealkylation sites (N-methyl/N-ethyl adjacent to an activating group) is 1. The fourth-order valence-electron chi connectivity index (χ4n) is 2.48. The Bertz CT molecular complexity index is 575. The van der Waals surface area contributed by atoms with Gasteiger partial charge in [-0.2, -0.15) is 0 Å². The summed E-state index contributed by atoms with van der Waals surface area (Å²) in [6, 6.07) is 4.75. The van der Waals surface area contributed by atoms with Gasteiger partial charge in [-0.05, 0) is 38.8 Å². The maximum absolute atomic E-state index is 12.5. The van der Waals surface area contributed by atoms with Crippen molar-refractivity contribution in [2.45, 2.75) is 45.3 Å². The Morgan fingerprint density at radius 2 is 2.18 bits per heavy atom. The van der Waals surface area contributed by atoms with E-state index in [-0.39, 0.29) is 17.9 Å². The maximum Gasteiger partial charge on any atom is 0.247 e. The molecule has 1 aromatic carbocycles. The first-order chi connectivity index (χ1) is 10.4. The Labute approximate surface area is 135 Å². The fourth-order valence-corrected chi connectivity index (χ4v) is 2.70. The van der Waals surface area contributed by atoms with Crippen LogP contribution in [0.2, 0.25) is 5.02 Å². The van der Waals surface area contributed by atoms with Gasteiger partial charge >= 0.3 is 0 Å². The molecule has 1 aliphatic rings. The smallest absolute Gasteiger partial charge is 0.247 e. The van der Waals surface area contributed by atoms with Crippen LogP contribution in [0.4, 0.5) is 5.69 Å². The zero-order chi connectivity index (χ0) is 16.3. The van der Waals surface area contributed by atoms with Crippen molar-refractivity contribution in [3.8, 4) is 5.75 Å². The molecule has 1 unspecified atom stereocenters. The molecule has 0 bridgehead atoms. The molecule has 1 saturated heterocycles. The molecule has 1 aromatic rings. The van der Waals surface area contributed by atoms with E-state index in [2.05, 4.69) is 5.32 Å². The number of nitrogens with one attached hydrogen (secondary N) is 1. The molecule has 1 aliphatic heterocycles. The highest BCUT2D eigenvalue weighted by molar-refractivity contribution is 6.32. The highest BCUT2D eigenvalue weighted by Gasteiger charge is 2.30. The predicted molar refractivity (Wildman–Crippen MR) is 86.3 cm³/mol. The molecular formula is C16H21ClN2O3. The third-order valence-corrected chi connectivity index (χ3v) is 3.91. The Morgan fingerprint density at radius 1 is 1.45 bits per heavy atom. The minimum absolute atomic E-state index is 0.00357. The van der Waals surface area contributed by atoms with Crippen LogP contribution in [-0.2, 0) is 9.59 Å². The van der Waals surface area contributed by atoms with Gasteiger partial charge in [0.05, 0.1) is 16.8 Å². The Balaban J connectivity index is 2.18. The van der Waals surface area contributed by atoms with Crippen LogP contribution in [0.25, 0.3) is 0 Å². The van der Waals surface area contributed by atoms with Crippen LogP contribution in [-0.4, -0.2) is 35.9 Å². The van der Waals surface area contributed by atoms with Crippen LogP contribution in [0.5, 0.6) is 5.75 Å². The van der Waals surface area contributed by atoms with Crippen molar-refractivity contribution in [2.75, 3.05) is 12.4 Å². The second-order valence-electron chi connectivity index (χ2n) is 5.69. The minimum atomic E-state index is -0.452. The van der Waals surface area contributed by atoms with E-state index < -0.39 is 6.04 Å². The van der Waals surface area contributed by atoms with Crippen LogP contribution in [0.3, 0.4) is 0 Å². The van der Waals surface area contributed by atoms with Gasteiger partial charge in [0.25, 0.3) is 0 Å². The van der Waals surface area contributed by atoms with E-state index in [1.807, 2.05) is 13.8 Å². The van der Waals surface area contributed by atoms with Gasteiger partial charge in [-0.15, -0.1) is 0 Å². The highest BCUT2D eigenvalue weighted by atomic mass is 35.5. The highest BCUT2D eigenvalue weighted by Crippen LogP contribution is 2.34. The van der Waals surface area contributed by atoms with E-state index in [9.17, 15) is 9.59 Å². The molecule has 2 amide bonds. The summed E-state index contributed by atoms with van der Waals surface area (Å²) in [4.78, 5) is 25.7. The number of ether oxygens (including phenoxy) is 1. The van der Waals surface area contributed by atoms with E-state index in [1.165, 1.54) is 4.90 Å². The predicted octanol–water partition coefficient (Wildman–Crippen LogP) is 3.08. The van der Waals surface area contributed by atoms with E-state index >= 15 is 0 Å². The SMILES string of the molecule is CC(C)Oc1c(Cl)cccc1NC(=O)C1CCCC(=O)N1C. The van der Waals surface area contributed by atoms with E-state index in [1.54, 1.807) is 25.2 Å². The topological polar surface area (TPSA) is 58.6 Å². The first-order valence-electron chi connectivity index (χ1n) is 7.42. The lowest BCUT2D eigenvalue weighted by Gasteiger charge is -2.31. The molecule has 0 aliphatic carbocycles. The molecule has 0 spiro atoms. The number of anilines is 1. The number of amides is 2. The largest absolute Gasteiger partial charge is 0.487 e. The first-order valence-corrected chi connectivity index (χ1v) is 7.79. The van der Waals surface area contributed by atoms with Crippen molar-refractivity contribution in [3.05, 3.63) is 23.2 Å². The molecule has 1 heterocycles. The molecule has 22 heavy (non-hydrogen) atoms. The lowest BCUT2D eigenvalue weighted by Crippen LogP contribution is -2.47. The lowest BCUT2D eigenvalue weighted by atomic mass is 10.0. The number of rotatable bonds is 4. The number of carbonyl (C=O) groups is 2. The summed E-state index contributed by atoms with van der Waals surface area (Å²) in [6.45, 7) is 3.78. The molecular weight excluding hydrogens is 304 g/mol. The normalized spacial score (nSPS) is 18.5. The standard InChI is InChI=1S/C16H21ClN2O3/c1-10(2)22-15-11(17)6-4-7-12(15)18-16(21)13-8-5-9-14(20)19(13)3/h4,6-7,10,13H,5,8-9H2,1-3H3,(H,18,21). The molecule has 0 aromatic heterocycles. The summed E-state index contributed by atoms with van der Waals surface area (Å²) < 4.78 is 5.69. The molecule has 0 saturated carbocycles. The van der Waals surface area contributed by atoms with Gasteiger partial charge < -0.3 is 15.0 Å². The minimum Gasteiger partial charge on any atom is -0.487 e. The van der Waals surface area contributed by atoms with E-state index in [0.29, 0.717) is 29.3 Å². The summed E-state index contributed by atoms with van der Waals surface area (Å²) >= 11 is 6.15. The summed E-state index contributed by atoms with van der Waals surface area (Å²) in [6.07, 6.45) is 1.83. The number of piperidine rings is 1. The van der Waals surface area contributed by atoms with Gasteiger partial charge in [0.15, 0.2) is 5.75 Å². The molecule has 0 radical (unpaired) electrons. The van der Waals surface area contributed by atoms with Crippen molar-refractivity contribution in [3.63, 3.8) is 0 Å². The number of halogens is 1. The number of nitrogens with zero attached hydrogens (tertiary/aromatic N) is 1. The molecule has 120 valence electrons. The third kappa shape index (κ3) is 3.71. The van der Waals surface area contributed by atoms with E-state index in [0.717, 1.165) is 6.42 Å². The van der Waals surface area contributed by atoms with Crippen molar-refractivity contribution in [1.82, 2.24) is 4.90 Å². The van der Waals surface area contributed by atoms with Crippen LogP contribution >= 0.6 is 11.6 Å². The molecule has 1 atom stereocenters. The van der Waals surface area contributed by atoms with Gasteiger partial charge in [0.2, 0.25) is 11.8 Å². The average Bonchev–Trinajstić information content (AvgIpc) is 2.45. The van der Waals surface area contributed by atoms with Gasteiger partial charge in [-0.3, -0.25) is 9.59 Å². The van der Waals surface area contributed by atoms with Gasteiger partial charge in [0, 0.05) is 13.5 Å². The second-order valence-corrected chi connectivity index (χ2v) is 6.09. The average molecular weight is 325 g/mol. The van der Waals surface area contributed by atoms with Crippen molar-refractivity contribution in [1.29, 1.82) is 0 Å². The Hall–Kier alpha value is -1.75. The van der Waals surface area contributed by atoms with Crippen molar-refractivity contribution < 1.29 is 14.3 Å². The monoisotopic (exact) mass is 324 g/mol. The van der Waals surface area contributed by atoms with Crippen molar-refractivity contribution in [2.24, 2.45) is 0 Å². The molecule has 1 fully saturated rings. The van der Waals surface area contributed by atoms with Gasteiger partial charge in [0.1, 0.15) is 6.04 Å². The summed E-state index contributed by atoms with van der Waals surface area (Å²) in [5.74, 6) is 0.236. The molecule has 2 rings (SSSR count). The van der Waals surface area contributed by atoms with Crippen molar-refractivity contribution >= 4 is 29.1 Å². The Kier molecular flexibility index (Phi) is 5.29. The molecule has 6 heteroatoms. The van der Waals surface area contributed by atoms with Crippen LogP contribution in [0.1, 0.15) is 33.1 Å². The number of hydrogen-bond acceptors (Lipinski definition) is 3. The van der Waals surface area contributed by atoms with Crippen LogP contribution in [0.15, 0.2) is 18.2 Å². The summed E-state index contributed by atoms with van der Waals surface area (Å²) in [5, 5.41) is 3.28. The summed E-state index contributed by atoms with van der Waals surface area (Å²) in [5.41, 5.74) is 0.526. The number of carbonyl (C=O) groups excluding carboxylic acids is 2. The zero-order valence-corrected chi connectivity index (χ0v) is 13.8. The maximum atomic E-state index is 12.5. The first kappa shape index (κ1) is 16.6. The molecule has 1 N–H and O–H groups in total. The number of para-hydroxylation sites is 1. The second kappa shape index (κ2) is 7.01. The van der Waals surface area contributed by atoms with E-state index in [4.69, 9.17) is 16.3 Å².